The van der Waals surface area contributed by atoms with Crippen molar-refractivity contribution >= 4 is 49.4 Å². The lowest BCUT2D eigenvalue weighted by Gasteiger charge is -2.10. The lowest BCUT2D eigenvalue weighted by Crippen LogP contribution is -1.96. The van der Waals surface area contributed by atoms with Crippen molar-refractivity contribution in [3.63, 3.8) is 0 Å². The minimum Gasteiger partial charge on any atom is -0.277 e. The summed E-state index contributed by atoms with van der Waals surface area (Å²) in [4.78, 5) is 5.07. The number of aromatic nitrogens is 3. The Kier molecular flexibility index (Phi) is 3.00. The Bertz CT molecular complexity index is 1750. The molecule has 0 unspecified atom stereocenters. The molecule has 5 aromatic carbocycles. The van der Waals surface area contributed by atoms with Crippen molar-refractivity contribution in [2.45, 2.75) is 0 Å². The average Bonchev–Trinajstić information content (AvgIpc) is 3.33. The van der Waals surface area contributed by atoms with Crippen molar-refractivity contribution in [2.24, 2.45) is 0 Å². The fourth-order valence-corrected chi connectivity index (χ4v) is 4.79. The number of para-hydroxylation sites is 2. The number of nitrogens with zero attached hydrogens (tertiary/aromatic N) is 3. The van der Waals surface area contributed by atoms with Gasteiger partial charge >= 0.3 is 0 Å². The van der Waals surface area contributed by atoms with Crippen LogP contribution in [0, 0.1) is 0 Å². The Morgan fingerprint density at radius 1 is 0.533 bits per heavy atom. The fourth-order valence-electron chi connectivity index (χ4n) is 4.79. The zero-order chi connectivity index (χ0) is 19.7. The predicted octanol–water partition coefficient (Wildman–Crippen LogP) is 6.74. The van der Waals surface area contributed by atoms with Crippen LogP contribution in [0.3, 0.4) is 0 Å². The van der Waals surface area contributed by atoms with Crippen LogP contribution < -0.4 is 0 Å². The van der Waals surface area contributed by atoms with Gasteiger partial charge in [0.05, 0.1) is 27.8 Å². The molecule has 0 saturated carbocycles. The third-order valence-corrected chi connectivity index (χ3v) is 6.09. The molecule has 0 saturated heterocycles. The number of rotatable bonds is 1. The number of imidazole rings is 2. The molecule has 0 radical (unpaired) electrons. The Balaban J connectivity index is 1.79. The summed E-state index contributed by atoms with van der Waals surface area (Å²) >= 11 is 0. The topological polar surface area (TPSA) is 22.2 Å². The van der Waals surface area contributed by atoms with Gasteiger partial charge in [-0.3, -0.25) is 8.97 Å². The molecule has 0 atom stereocenters. The molecule has 2 aromatic heterocycles. The highest BCUT2D eigenvalue weighted by atomic mass is 15.2. The van der Waals surface area contributed by atoms with Crippen molar-refractivity contribution in [3.8, 4) is 5.69 Å². The maximum Gasteiger partial charge on any atom is 0.220 e. The second-order valence-corrected chi connectivity index (χ2v) is 7.72. The highest BCUT2D eigenvalue weighted by molar-refractivity contribution is 6.09. The quantitative estimate of drug-likeness (QED) is 0.308. The Morgan fingerprint density at radius 3 is 2.13 bits per heavy atom. The predicted molar refractivity (Wildman–Crippen MR) is 125 cm³/mol. The number of benzene rings is 5. The Labute approximate surface area is 172 Å². The van der Waals surface area contributed by atoms with Gasteiger partial charge in [0.15, 0.2) is 0 Å². The Morgan fingerprint density at radius 2 is 1.23 bits per heavy atom. The van der Waals surface area contributed by atoms with Crippen LogP contribution in [0.25, 0.3) is 55.1 Å². The van der Waals surface area contributed by atoms with Crippen LogP contribution in [0.4, 0.5) is 0 Å². The molecule has 0 aliphatic rings. The third-order valence-electron chi connectivity index (χ3n) is 6.09. The van der Waals surface area contributed by atoms with E-state index in [0.29, 0.717) is 0 Å². The molecule has 0 fully saturated rings. The summed E-state index contributed by atoms with van der Waals surface area (Å²) in [6.45, 7) is 0. The van der Waals surface area contributed by atoms with Crippen molar-refractivity contribution in [1.29, 1.82) is 0 Å². The Hall–Kier alpha value is -4.11. The van der Waals surface area contributed by atoms with E-state index in [2.05, 4.69) is 112 Å². The molecule has 0 N–H and O–H groups in total. The smallest absolute Gasteiger partial charge is 0.220 e. The van der Waals surface area contributed by atoms with Crippen molar-refractivity contribution in [3.05, 3.63) is 103 Å². The lowest BCUT2D eigenvalue weighted by atomic mass is 10.1. The molecule has 7 aromatic rings. The van der Waals surface area contributed by atoms with Crippen LogP contribution >= 0.6 is 0 Å². The van der Waals surface area contributed by atoms with Gasteiger partial charge in [0.2, 0.25) is 5.78 Å². The molecule has 0 aliphatic heterocycles. The van der Waals surface area contributed by atoms with Crippen molar-refractivity contribution in [2.75, 3.05) is 0 Å². The third kappa shape index (κ3) is 1.96. The van der Waals surface area contributed by atoms with Gasteiger partial charge in [-0.1, -0.05) is 78.9 Å². The molecule has 0 spiro atoms. The van der Waals surface area contributed by atoms with E-state index in [0.717, 1.165) is 22.5 Å². The highest BCUT2D eigenvalue weighted by Crippen LogP contribution is 2.35. The van der Waals surface area contributed by atoms with Crippen LogP contribution in [-0.4, -0.2) is 14.0 Å². The van der Waals surface area contributed by atoms with Crippen LogP contribution in [0.15, 0.2) is 103 Å². The van der Waals surface area contributed by atoms with Gasteiger partial charge in [-0.05, 0) is 35.0 Å². The number of hydrogen-bond acceptors (Lipinski definition) is 1. The van der Waals surface area contributed by atoms with Crippen LogP contribution in [-0.2, 0) is 0 Å². The molecule has 0 amide bonds. The van der Waals surface area contributed by atoms with E-state index in [9.17, 15) is 0 Å². The van der Waals surface area contributed by atoms with E-state index in [1.54, 1.807) is 0 Å². The van der Waals surface area contributed by atoms with Gasteiger partial charge in [0, 0.05) is 10.8 Å². The normalized spacial score (nSPS) is 12.0. The maximum absolute atomic E-state index is 5.07. The van der Waals surface area contributed by atoms with Gasteiger partial charge in [-0.15, -0.1) is 0 Å². The number of fused-ring (bicyclic) bond motifs is 8. The highest BCUT2D eigenvalue weighted by Gasteiger charge is 2.19. The fraction of sp³-hybridized carbons (Fsp3) is 0. The summed E-state index contributed by atoms with van der Waals surface area (Å²) < 4.78 is 4.62. The average molecular weight is 383 g/mol. The van der Waals surface area contributed by atoms with Crippen LogP contribution in [0.2, 0.25) is 0 Å². The lowest BCUT2D eigenvalue weighted by molar-refractivity contribution is 1.12. The standard InChI is InChI=1S/C27H17N3/c1-3-11-20-18(8-1)10-7-15-23(20)29-25-17-16-19-9-2-4-12-21(19)26(25)30-24-14-6-5-13-22(24)28-27(29)30/h1-17H. The first-order valence-electron chi connectivity index (χ1n) is 10.2. The first-order chi connectivity index (χ1) is 14.9. The minimum absolute atomic E-state index is 0.943. The summed E-state index contributed by atoms with van der Waals surface area (Å²) in [6, 6.07) is 36.4. The van der Waals surface area contributed by atoms with E-state index < -0.39 is 0 Å². The molecule has 7 rings (SSSR count). The van der Waals surface area contributed by atoms with E-state index in [4.69, 9.17) is 4.98 Å². The summed E-state index contributed by atoms with van der Waals surface area (Å²) in [7, 11) is 0. The first-order valence-corrected chi connectivity index (χ1v) is 10.2. The minimum atomic E-state index is 0.943. The summed E-state index contributed by atoms with van der Waals surface area (Å²) in [6.07, 6.45) is 0. The SMILES string of the molecule is c1ccc2c(-n3c4ccc5ccccc5c4n4c5ccccc5nc34)cccc2c1. The summed E-state index contributed by atoms with van der Waals surface area (Å²) in [5, 5.41) is 4.92. The molecule has 2 heterocycles. The van der Waals surface area contributed by atoms with E-state index in [-0.39, 0.29) is 0 Å². The largest absolute Gasteiger partial charge is 0.277 e. The second kappa shape index (κ2) is 5.71. The van der Waals surface area contributed by atoms with Gasteiger partial charge in [0.1, 0.15) is 0 Å². The van der Waals surface area contributed by atoms with Gasteiger partial charge in [-0.2, -0.15) is 0 Å². The molecule has 30 heavy (non-hydrogen) atoms. The van der Waals surface area contributed by atoms with E-state index >= 15 is 0 Å². The van der Waals surface area contributed by atoms with E-state index in [1.165, 1.54) is 32.6 Å². The van der Waals surface area contributed by atoms with Crippen LogP contribution in [0.5, 0.6) is 0 Å². The molecule has 0 bridgehead atoms. The summed E-state index contributed by atoms with van der Waals surface area (Å²) in [5.41, 5.74) is 5.66. The number of hydrogen-bond donors (Lipinski definition) is 0. The van der Waals surface area contributed by atoms with Crippen molar-refractivity contribution < 1.29 is 0 Å². The molecule has 0 aliphatic carbocycles. The van der Waals surface area contributed by atoms with E-state index in [1.807, 2.05) is 0 Å². The van der Waals surface area contributed by atoms with Gasteiger partial charge < -0.3 is 0 Å². The molecule has 3 nitrogen and oxygen atoms in total. The summed E-state index contributed by atoms with van der Waals surface area (Å²) in [5.74, 6) is 0.943. The van der Waals surface area contributed by atoms with Gasteiger partial charge in [-0.25, -0.2) is 4.98 Å². The molecular weight excluding hydrogens is 366 g/mol. The zero-order valence-corrected chi connectivity index (χ0v) is 16.2. The molecular formula is C27H17N3. The maximum atomic E-state index is 5.07. The first kappa shape index (κ1) is 15.8. The second-order valence-electron chi connectivity index (χ2n) is 7.72. The zero-order valence-electron chi connectivity index (χ0n) is 16.2. The van der Waals surface area contributed by atoms with Gasteiger partial charge in [0.25, 0.3) is 0 Å². The molecule has 3 heteroatoms. The monoisotopic (exact) mass is 383 g/mol. The molecule has 140 valence electrons. The van der Waals surface area contributed by atoms with Crippen molar-refractivity contribution in [1.82, 2.24) is 14.0 Å². The van der Waals surface area contributed by atoms with Crippen LogP contribution in [0.1, 0.15) is 0 Å².